The molecule has 1 aliphatic rings. The van der Waals surface area contributed by atoms with Crippen molar-refractivity contribution in [3.8, 4) is 0 Å². The molecule has 1 heterocycles. The van der Waals surface area contributed by atoms with Gasteiger partial charge >= 0.3 is 0 Å². The van der Waals surface area contributed by atoms with Crippen LogP contribution in [-0.2, 0) is 6.54 Å². The summed E-state index contributed by atoms with van der Waals surface area (Å²) in [4.78, 5) is 2.59. The monoisotopic (exact) mass is 280 g/mol. The predicted octanol–water partition coefficient (Wildman–Crippen LogP) is 3.61. The van der Waals surface area contributed by atoms with Crippen LogP contribution in [0.1, 0.15) is 37.3 Å². The average molecular weight is 281 g/mol. The van der Waals surface area contributed by atoms with E-state index in [0.29, 0.717) is 6.04 Å². The highest BCUT2D eigenvalue weighted by molar-refractivity contribution is 6.31. The molecule has 0 aliphatic carbocycles. The van der Waals surface area contributed by atoms with Crippen molar-refractivity contribution >= 4 is 11.6 Å². The van der Waals surface area contributed by atoms with Gasteiger partial charge in [-0.25, -0.2) is 0 Å². The molecule has 0 spiro atoms. The number of hydrogen-bond acceptors (Lipinski definition) is 2. The molecule has 2 rings (SSSR count). The van der Waals surface area contributed by atoms with E-state index in [4.69, 9.17) is 11.6 Å². The molecule has 1 fully saturated rings. The fourth-order valence-corrected chi connectivity index (χ4v) is 3.10. The van der Waals surface area contributed by atoms with Crippen molar-refractivity contribution in [2.24, 2.45) is 0 Å². The van der Waals surface area contributed by atoms with Crippen molar-refractivity contribution < 1.29 is 0 Å². The van der Waals surface area contributed by atoms with Gasteiger partial charge < -0.3 is 5.32 Å². The third-order valence-corrected chi connectivity index (χ3v) is 4.31. The Balaban J connectivity index is 2.02. The highest BCUT2D eigenvalue weighted by atomic mass is 35.5. The van der Waals surface area contributed by atoms with Crippen LogP contribution in [0, 0.1) is 6.92 Å². The van der Waals surface area contributed by atoms with Crippen molar-refractivity contribution in [3.05, 3.63) is 34.3 Å². The first-order chi connectivity index (χ1) is 9.20. The first-order valence-corrected chi connectivity index (χ1v) is 7.78. The summed E-state index contributed by atoms with van der Waals surface area (Å²) in [6.45, 7) is 8.58. The molecule has 0 radical (unpaired) electrons. The molecule has 1 unspecified atom stereocenters. The standard InChI is InChI=1S/C16H25ClN2/c1-3-18-11-15-6-4-5-9-19(15)12-14-8-7-13(2)10-16(14)17/h7-8,10,15,18H,3-6,9,11-12H2,1-2H3. The lowest BCUT2D eigenvalue weighted by molar-refractivity contribution is 0.138. The fraction of sp³-hybridized carbons (Fsp3) is 0.625. The second-order valence-electron chi connectivity index (χ2n) is 5.52. The van der Waals surface area contributed by atoms with Gasteiger partial charge in [0.2, 0.25) is 0 Å². The lowest BCUT2D eigenvalue weighted by Crippen LogP contribution is -2.44. The van der Waals surface area contributed by atoms with Gasteiger partial charge in [-0.2, -0.15) is 0 Å². The molecule has 1 aromatic rings. The minimum atomic E-state index is 0.658. The van der Waals surface area contributed by atoms with Gasteiger partial charge in [0.05, 0.1) is 0 Å². The Morgan fingerprint density at radius 1 is 1.37 bits per heavy atom. The predicted molar refractivity (Wildman–Crippen MR) is 82.8 cm³/mol. The van der Waals surface area contributed by atoms with Crippen LogP contribution in [0.25, 0.3) is 0 Å². The van der Waals surface area contributed by atoms with E-state index in [1.54, 1.807) is 0 Å². The van der Waals surface area contributed by atoms with E-state index in [9.17, 15) is 0 Å². The minimum Gasteiger partial charge on any atom is -0.315 e. The SMILES string of the molecule is CCNCC1CCCCN1Cc1ccc(C)cc1Cl. The normalized spacial score (nSPS) is 20.7. The van der Waals surface area contributed by atoms with E-state index in [1.807, 2.05) is 0 Å². The Labute approximate surface area is 122 Å². The molecule has 1 saturated heterocycles. The number of piperidine rings is 1. The van der Waals surface area contributed by atoms with Gasteiger partial charge in [0, 0.05) is 24.2 Å². The Morgan fingerprint density at radius 2 is 2.21 bits per heavy atom. The quantitative estimate of drug-likeness (QED) is 0.886. The van der Waals surface area contributed by atoms with Crippen LogP contribution in [0.15, 0.2) is 18.2 Å². The van der Waals surface area contributed by atoms with Gasteiger partial charge in [-0.1, -0.05) is 37.1 Å². The zero-order valence-corrected chi connectivity index (χ0v) is 12.8. The maximum absolute atomic E-state index is 6.36. The third-order valence-electron chi connectivity index (χ3n) is 3.96. The van der Waals surface area contributed by atoms with Crippen LogP contribution >= 0.6 is 11.6 Å². The van der Waals surface area contributed by atoms with Crippen molar-refractivity contribution in [1.82, 2.24) is 10.2 Å². The Morgan fingerprint density at radius 3 is 2.95 bits per heavy atom. The fourth-order valence-electron chi connectivity index (χ4n) is 2.81. The molecule has 3 heteroatoms. The zero-order valence-electron chi connectivity index (χ0n) is 12.1. The molecule has 1 atom stereocenters. The van der Waals surface area contributed by atoms with E-state index in [1.165, 1.54) is 36.9 Å². The second-order valence-corrected chi connectivity index (χ2v) is 5.93. The average Bonchev–Trinajstić information content (AvgIpc) is 2.41. The number of likely N-dealkylation sites (tertiary alicyclic amines) is 1. The lowest BCUT2D eigenvalue weighted by atomic mass is 10.0. The summed E-state index contributed by atoms with van der Waals surface area (Å²) in [7, 11) is 0. The molecule has 1 N–H and O–H groups in total. The zero-order chi connectivity index (χ0) is 13.7. The molecule has 0 bridgehead atoms. The van der Waals surface area contributed by atoms with Crippen LogP contribution < -0.4 is 5.32 Å². The summed E-state index contributed by atoms with van der Waals surface area (Å²) in [6, 6.07) is 7.06. The summed E-state index contributed by atoms with van der Waals surface area (Å²) in [5.74, 6) is 0. The van der Waals surface area contributed by atoms with E-state index >= 15 is 0 Å². The van der Waals surface area contributed by atoms with Crippen LogP contribution in [-0.4, -0.2) is 30.6 Å². The number of nitrogens with one attached hydrogen (secondary N) is 1. The number of nitrogens with zero attached hydrogens (tertiary/aromatic N) is 1. The third kappa shape index (κ3) is 4.20. The molecule has 0 saturated carbocycles. The van der Waals surface area contributed by atoms with Gasteiger partial charge in [-0.05, 0) is 50.0 Å². The van der Waals surface area contributed by atoms with E-state index in [-0.39, 0.29) is 0 Å². The molecular formula is C16H25ClN2. The summed E-state index contributed by atoms with van der Waals surface area (Å²) in [6.07, 6.45) is 3.97. The van der Waals surface area contributed by atoms with Crippen LogP contribution in [0.2, 0.25) is 5.02 Å². The number of hydrogen-bond donors (Lipinski definition) is 1. The molecule has 0 amide bonds. The number of halogens is 1. The van der Waals surface area contributed by atoms with Gasteiger partial charge in [0.1, 0.15) is 0 Å². The Hall–Kier alpha value is -0.570. The van der Waals surface area contributed by atoms with Crippen molar-refractivity contribution in [2.45, 2.75) is 45.7 Å². The maximum atomic E-state index is 6.36. The van der Waals surface area contributed by atoms with E-state index in [0.717, 1.165) is 24.7 Å². The number of rotatable bonds is 5. The number of benzene rings is 1. The highest BCUT2D eigenvalue weighted by Crippen LogP contribution is 2.23. The largest absolute Gasteiger partial charge is 0.315 e. The van der Waals surface area contributed by atoms with Crippen molar-refractivity contribution in [3.63, 3.8) is 0 Å². The summed E-state index contributed by atoms with van der Waals surface area (Å²) in [5.41, 5.74) is 2.49. The van der Waals surface area contributed by atoms with Crippen molar-refractivity contribution in [2.75, 3.05) is 19.6 Å². The maximum Gasteiger partial charge on any atom is 0.0453 e. The van der Waals surface area contributed by atoms with E-state index in [2.05, 4.69) is 42.3 Å². The lowest BCUT2D eigenvalue weighted by Gasteiger charge is -2.36. The molecule has 106 valence electrons. The minimum absolute atomic E-state index is 0.658. The number of aryl methyl sites for hydroxylation is 1. The summed E-state index contributed by atoms with van der Waals surface area (Å²) in [5, 5.41) is 4.39. The smallest absolute Gasteiger partial charge is 0.0453 e. The molecule has 2 nitrogen and oxygen atoms in total. The summed E-state index contributed by atoms with van der Waals surface area (Å²) >= 11 is 6.36. The van der Waals surface area contributed by atoms with Gasteiger partial charge in [0.25, 0.3) is 0 Å². The summed E-state index contributed by atoms with van der Waals surface area (Å²) < 4.78 is 0. The topological polar surface area (TPSA) is 15.3 Å². The highest BCUT2D eigenvalue weighted by Gasteiger charge is 2.22. The Kier molecular flexibility index (Phi) is 5.68. The number of likely N-dealkylation sites (N-methyl/N-ethyl adjacent to an activating group) is 1. The molecule has 0 aromatic heterocycles. The van der Waals surface area contributed by atoms with E-state index < -0.39 is 0 Å². The molecule has 19 heavy (non-hydrogen) atoms. The Bertz CT molecular complexity index is 406. The van der Waals surface area contributed by atoms with Gasteiger partial charge in [-0.3, -0.25) is 4.90 Å². The van der Waals surface area contributed by atoms with Gasteiger partial charge in [0.15, 0.2) is 0 Å². The molecular weight excluding hydrogens is 256 g/mol. The first kappa shape index (κ1) is 14.8. The van der Waals surface area contributed by atoms with Crippen LogP contribution in [0.3, 0.4) is 0 Å². The van der Waals surface area contributed by atoms with Gasteiger partial charge in [-0.15, -0.1) is 0 Å². The molecule has 1 aliphatic heterocycles. The van der Waals surface area contributed by atoms with Crippen LogP contribution in [0.5, 0.6) is 0 Å². The van der Waals surface area contributed by atoms with Crippen LogP contribution in [0.4, 0.5) is 0 Å². The molecule has 1 aromatic carbocycles. The van der Waals surface area contributed by atoms with Crippen molar-refractivity contribution in [1.29, 1.82) is 0 Å². The second kappa shape index (κ2) is 7.28. The first-order valence-electron chi connectivity index (χ1n) is 7.40.